The minimum absolute atomic E-state index is 0.238. The van der Waals surface area contributed by atoms with E-state index in [-0.39, 0.29) is 5.91 Å². The number of rotatable bonds is 6. The highest BCUT2D eigenvalue weighted by atomic mass is 32.2. The molecule has 3 heteroatoms. The topological polar surface area (TPSA) is 29.1 Å². The van der Waals surface area contributed by atoms with Gasteiger partial charge in [-0.3, -0.25) is 4.79 Å². The van der Waals surface area contributed by atoms with Crippen LogP contribution in [0.2, 0.25) is 0 Å². The predicted octanol–water partition coefficient (Wildman–Crippen LogP) is 3.26. The first kappa shape index (κ1) is 13.5. The van der Waals surface area contributed by atoms with Gasteiger partial charge in [-0.15, -0.1) is 11.8 Å². The van der Waals surface area contributed by atoms with E-state index in [2.05, 4.69) is 43.4 Å². The average Bonchev–Trinajstić information content (AvgIpc) is 3.14. The zero-order valence-electron chi connectivity index (χ0n) is 11.1. The van der Waals surface area contributed by atoms with E-state index >= 15 is 0 Å². The first-order valence-corrected chi connectivity index (χ1v) is 7.56. The fourth-order valence-electron chi connectivity index (χ4n) is 1.83. The summed E-state index contributed by atoms with van der Waals surface area (Å²) in [5.41, 5.74) is 1.29. The van der Waals surface area contributed by atoms with E-state index in [9.17, 15) is 4.79 Å². The molecule has 1 saturated carbocycles. The Morgan fingerprint density at radius 1 is 1.33 bits per heavy atom. The van der Waals surface area contributed by atoms with E-state index in [0.717, 1.165) is 25.8 Å². The molecule has 0 heterocycles. The Kier molecular flexibility index (Phi) is 4.70. The number of hydrogen-bond donors (Lipinski definition) is 1. The molecule has 1 aromatic carbocycles. The monoisotopic (exact) mass is 263 g/mol. The third kappa shape index (κ3) is 4.37. The van der Waals surface area contributed by atoms with Crippen LogP contribution in [0.15, 0.2) is 29.2 Å². The van der Waals surface area contributed by atoms with Crippen molar-refractivity contribution in [2.75, 3.05) is 6.54 Å². The molecule has 0 aliphatic heterocycles. The summed E-state index contributed by atoms with van der Waals surface area (Å²) in [7, 11) is 0. The van der Waals surface area contributed by atoms with Gasteiger partial charge < -0.3 is 5.32 Å². The van der Waals surface area contributed by atoms with Gasteiger partial charge in [0.05, 0.1) is 0 Å². The summed E-state index contributed by atoms with van der Waals surface area (Å²) in [5, 5.41) is 3.61. The number of nitrogens with one attached hydrogen (secondary N) is 1. The minimum atomic E-state index is 0.238. The van der Waals surface area contributed by atoms with Crippen molar-refractivity contribution >= 4 is 17.7 Å². The normalized spacial score (nSPS) is 14.8. The molecule has 1 aromatic rings. The summed E-state index contributed by atoms with van der Waals surface area (Å²) >= 11 is 1.88. The van der Waals surface area contributed by atoms with Crippen molar-refractivity contribution in [1.29, 1.82) is 0 Å². The molecule has 0 saturated heterocycles. The Labute approximate surface area is 114 Å². The summed E-state index contributed by atoms with van der Waals surface area (Å²) in [6.07, 6.45) is 3.07. The number of carbonyl (C=O) groups excluding carboxylic acids is 1. The first-order valence-electron chi connectivity index (χ1n) is 6.68. The number of hydrogen-bond acceptors (Lipinski definition) is 2. The molecule has 1 amide bonds. The van der Waals surface area contributed by atoms with E-state index in [1.165, 1.54) is 10.5 Å². The highest BCUT2D eigenvalue weighted by molar-refractivity contribution is 7.99. The van der Waals surface area contributed by atoms with Crippen molar-refractivity contribution in [3.8, 4) is 0 Å². The molecule has 0 radical (unpaired) electrons. The van der Waals surface area contributed by atoms with Crippen molar-refractivity contribution < 1.29 is 4.79 Å². The fourth-order valence-corrected chi connectivity index (χ4v) is 2.66. The second kappa shape index (κ2) is 6.28. The molecule has 2 rings (SSSR count). The highest BCUT2D eigenvalue weighted by Gasteiger charge is 2.28. The summed E-state index contributed by atoms with van der Waals surface area (Å²) in [4.78, 5) is 12.8. The zero-order chi connectivity index (χ0) is 13.0. The third-order valence-corrected chi connectivity index (χ3v) is 3.97. The lowest BCUT2D eigenvalue weighted by molar-refractivity contribution is -0.122. The molecular formula is C15H21NOS. The Morgan fingerprint density at radius 3 is 2.56 bits per heavy atom. The van der Waals surface area contributed by atoms with E-state index in [1.54, 1.807) is 0 Å². The second-order valence-corrected chi connectivity index (χ2v) is 6.78. The summed E-state index contributed by atoms with van der Waals surface area (Å²) in [6, 6.07) is 8.66. The lowest BCUT2D eigenvalue weighted by atomic mass is 10.1. The number of thioether (sulfide) groups is 1. The molecule has 0 aromatic heterocycles. The molecule has 0 atom stereocenters. The molecule has 0 spiro atoms. The van der Waals surface area contributed by atoms with Crippen molar-refractivity contribution in [3.63, 3.8) is 0 Å². The van der Waals surface area contributed by atoms with E-state index < -0.39 is 0 Å². The second-order valence-electron chi connectivity index (χ2n) is 5.13. The lowest BCUT2D eigenvalue weighted by Gasteiger charge is -2.07. The Morgan fingerprint density at radius 2 is 2.00 bits per heavy atom. The van der Waals surface area contributed by atoms with E-state index in [0.29, 0.717) is 11.2 Å². The molecule has 0 bridgehead atoms. The largest absolute Gasteiger partial charge is 0.356 e. The summed E-state index contributed by atoms with van der Waals surface area (Å²) < 4.78 is 0. The summed E-state index contributed by atoms with van der Waals surface area (Å²) in [6.45, 7) is 5.16. The highest BCUT2D eigenvalue weighted by Crippen LogP contribution is 2.28. The molecule has 18 heavy (non-hydrogen) atoms. The van der Waals surface area contributed by atoms with Crippen LogP contribution in [0.4, 0.5) is 0 Å². The first-order chi connectivity index (χ1) is 8.65. The molecule has 1 fully saturated rings. The van der Waals surface area contributed by atoms with Crippen molar-refractivity contribution in [3.05, 3.63) is 29.8 Å². The van der Waals surface area contributed by atoms with Crippen LogP contribution in [0.3, 0.4) is 0 Å². The molecule has 0 unspecified atom stereocenters. The fraction of sp³-hybridized carbons (Fsp3) is 0.533. The van der Waals surface area contributed by atoms with Crippen LogP contribution in [0.1, 0.15) is 32.3 Å². The van der Waals surface area contributed by atoms with Gasteiger partial charge in [0.25, 0.3) is 0 Å². The van der Waals surface area contributed by atoms with E-state index in [1.807, 2.05) is 11.8 Å². The van der Waals surface area contributed by atoms with Crippen LogP contribution >= 0.6 is 11.8 Å². The third-order valence-electron chi connectivity index (χ3n) is 2.96. The van der Waals surface area contributed by atoms with Crippen molar-refractivity contribution in [1.82, 2.24) is 5.32 Å². The van der Waals surface area contributed by atoms with Gasteiger partial charge in [0, 0.05) is 22.6 Å². The van der Waals surface area contributed by atoms with Gasteiger partial charge in [-0.1, -0.05) is 26.0 Å². The van der Waals surface area contributed by atoms with Gasteiger partial charge in [0.15, 0.2) is 0 Å². The van der Waals surface area contributed by atoms with Crippen LogP contribution in [-0.4, -0.2) is 17.7 Å². The van der Waals surface area contributed by atoms with Crippen LogP contribution in [0.25, 0.3) is 0 Å². The molecule has 1 aliphatic carbocycles. The maximum Gasteiger partial charge on any atom is 0.223 e. The maximum atomic E-state index is 11.5. The molecule has 1 aliphatic rings. The van der Waals surface area contributed by atoms with Gasteiger partial charge in [-0.2, -0.15) is 0 Å². The smallest absolute Gasteiger partial charge is 0.223 e. The maximum absolute atomic E-state index is 11.5. The minimum Gasteiger partial charge on any atom is -0.356 e. The lowest BCUT2D eigenvalue weighted by Crippen LogP contribution is -2.26. The molecule has 2 nitrogen and oxygen atoms in total. The number of benzene rings is 1. The van der Waals surface area contributed by atoms with Crippen LogP contribution in [-0.2, 0) is 11.2 Å². The Hall–Kier alpha value is -0.960. The zero-order valence-corrected chi connectivity index (χ0v) is 11.9. The van der Waals surface area contributed by atoms with Crippen LogP contribution in [0, 0.1) is 5.92 Å². The molecule has 1 N–H and O–H groups in total. The quantitative estimate of drug-likeness (QED) is 0.798. The van der Waals surface area contributed by atoms with Gasteiger partial charge in [0.1, 0.15) is 0 Å². The van der Waals surface area contributed by atoms with Crippen LogP contribution in [0.5, 0.6) is 0 Å². The molecular weight excluding hydrogens is 242 g/mol. The number of amides is 1. The summed E-state index contributed by atoms with van der Waals surface area (Å²) in [5.74, 6) is 0.553. The predicted molar refractivity (Wildman–Crippen MR) is 76.9 cm³/mol. The van der Waals surface area contributed by atoms with Crippen LogP contribution < -0.4 is 5.32 Å². The number of carbonyl (C=O) groups is 1. The van der Waals surface area contributed by atoms with Gasteiger partial charge in [0.2, 0.25) is 5.91 Å². The average molecular weight is 263 g/mol. The standard InChI is InChI=1S/C15H21NOS/c1-11(2)18-14-7-3-12(4-8-14)9-10-16-15(17)13-5-6-13/h3-4,7-8,11,13H,5-6,9-10H2,1-2H3,(H,16,17). The van der Waals surface area contributed by atoms with Gasteiger partial charge >= 0.3 is 0 Å². The van der Waals surface area contributed by atoms with Gasteiger partial charge in [-0.05, 0) is 37.0 Å². The van der Waals surface area contributed by atoms with Crippen molar-refractivity contribution in [2.45, 2.75) is 43.3 Å². The molecule has 98 valence electrons. The van der Waals surface area contributed by atoms with E-state index in [4.69, 9.17) is 0 Å². The Balaban J connectivity index is 1.73. The van der Waals surface area contributed by atoms with Gasteiger partial charge in [-0.25, -0.2) is 0 Å². The van der Waals surface area contributed by atoms with Crippen molar-refractivity contribution in [2.24, 2.45) is 5.92 Å². The SMILES string of the molecule is CC(C)Sc1ccc(CCNC(=O)C2CC2)cc1. The Bertz CT molecular complexity index is 395.